The SMILES string of the molecule is N#Cc1ccc(N(CCO)C2CCCC2)cc1Br. The van der Waals surface area contributed by atoms with Gasteiger partial charge in [0.1, 0.15) is 6.07 Å². The number of hydrogen-bond donors (Lipinski definition) is 1. The van der Waals surface area contributed by atoms with Crippen LogP contribution in [-0.4, -0.2) is 24.3 Å². The molecule has 0 radical (unpaired) electrons. The maximum Gasteiger partial charge on any atom is 0.100 e. The first-order valence-electron chi connectivity index (χ1n) is 6.33. The first-order valence-corrected chi connectivity index (χ1v) is 7.12. The van der Waals surface area contributed by atoms with Crippen LogP contribution in [0.2, 0.25) is 0 Å². The number of nitriles is 1. The summed E-state index contributed by atoms with van der Waals surface area (Å²) >= 11 is 3.42. The van der Waals surface area contributed by atoms with Crippen LogP contribution in [0, 0.1) is 11.3 Å². The highest BCUT2D eigenvalue weighted by Gasteiger charge is 2.22. The van der Waals surface area contributed by atoms with Gasteiger partial charge in [-0.25, -0.2) is 0 Å². The number of hydrogen-bond acceptors (Lipinski definition) is 3. The van der Waals surface area contributed by atoms with Gasteiger partial charge in [0, 0.05) is 22.7 Å². The predicted molar refractivity (Wildman–Crippen MR) is 75.5 cm³/mol. The Kier molecular flexibility index (Phi) is 4.62. The van der Waals surface area contributed by atoms with Gasteiger partial charge in [0.2, 0.25) is 0 Å². The lowest BCUT2D eigenvalue weighted by molar-refractivity contribution is 0.297. The third-order valence-corrected chi connectivity index (χ3v) is 4.17. The summed E-state index contributed by atoms with van der Waals surface area (Å²) in [6, 6.07) is 8.45. The Morgan fingerprint density at radius 3 is 2.67 bits per heavy atom. The van der Waals surface area contributed by atoms with Crippen molar-refractivity contribution in [1.29, 1.82) is 5.26 Å². The van der Waals surface area contributed by atoms with E-state index in [1.165, 1.54) is 25.7 Å². The topological polar surface area (TPSA) is 47.3 Å². The second-order valence-electron chi connectivity index (χ2n) is 4.63. The van der Waals surface area contributed by atoms with Gasteiger partial charge in [-0.15, -0.1) is 0 Å². The Bertz CT molecular complexity index is 450. The molecule has 0 aromatic heterocycles. The molecule has 2 rings (SSSR count). The van der Waals surface area contributed by atoms with Crippen LogP contribution in [0.4, 0.5) is 5.69 Å². The summed E-state index contributed by atoms with van der Waals surface area (Å²) in [7, 11) is 0. The average Bonchev–Trinajstić information content (AvgIpc) is 2.89. The van der Waals surface area contributed by atoms with Crippen LogP contribution in [0.5, 0.6) is 0 Å². The Morgan fingerprint density at radius 2 is 2.11 bits per heavy atom. The van der Waals surface area contributed by atoms with Crippen LogP contribution in [0.25, 0.3) is 0 Å². The van der Waals surface area contributed by atoms with E-state index in [0.717, 1.165) is 10.2 Å². The molecule has 0 heterocycles. The molecule has 1 saturated carbocycles. The fourth-order valence-electron chi connectivity index (χ4n) is 2.62. The average molecular weight is 309 g/mol. The first-order chi connectivity index (χ1) is 8.76. The van der Waals surface area contributed by atoms with Crippen LogP contribution >= 0.6 is 15.9 Å². The van der Waals surface area contributed by atoms with Gasteiger partial charge in [-0.1, -0.05) is 12.8 Å². The van der Waals surface area contributed by atoms with E-state index in [4.69, 9.17) is 5.26 Å². The van der Waals surface area contributed by atoms with Crippen LogP contribution in [-0.2, 0) is 0 Å². The Hall–Kier alpha value is -1.05. The van der Waals surface area contributed by atoms with E-state index in [0.29, 0.717) is 18.2 Å². The molecule has 1 N–H and O–H groups in total. The summed E-state index contributed by atoms with van der Waals surface area (Å²) in [5.74, 6) is 0. The van der Waals surface area contributed by atoms with Crippen LogP contribution in [0.1, 0.15) is 31.2 Å². The highest BCUT2D eigenvalue weighted by atomic mass is 79.9. The van der Waals surface area contributed by atoms with Gasteiger partial charge in [-0.05, 0) is 47.0 Å². The smallest absolute Gasteiger partial charge is 0.100 e. The number of rotatable bonds is 4. The van der Waals surface area contributed by atoms with Crippen molar-refractivity contribution in [3.63, 3.8) is 0 Å². The van der Waals surface area contributed by atoms with Crippen molar-refractivity contribution in [3.8, 4) is 6.07 Å². The third-order valence-electron chi connectivity index (χ3n) is 3.51. The van der Waals surface area contributed by atoms with Crippen LogP contribution < -0.4 is 4.90 Å². The summed E-state index contributed by atoms with van der Waals surface area (Å²) in [6.45, 7) is 0.817. The number of halogens is 1. The standard InChI is InChI=1S/C14H17BrN2O/c15-14-9-13(6-5-11(14)10-16)17(7-8-18)12-3-1-2-4-12/h5-6,9,12,18H,1-4,7-8H2. The molecule has 0 saturated heterocycles. The zero-order valence-corrected chi connectivity index (χ0v) is 11.9. The number of anilines is 1. The molecule has 0 bridgehead atoms. The lowest BCUT2D eigenvalue weighted by atomic mass is 10.1. The van der Waals surface area contributed by atoms with Gasteiger partial charge in [0.25, 0.3) is 0 Å². The molecule has 3 nitrogen and oxygen atoms in total. The fraction of sp³-hybridized carbons (Fsp3) is 0.500. The molecule has 1 aromatic rings. The van der Waals surface area contributed by atoms with E-state index in [1.54, 1.807) is 0 Å². The van der Waals surface area contributed by atoms with Gasteiger partial charge in [0.15, 0.2) is 0 Å². The summed E-state index contributed by atoms with van der Waals surface area (Å²) in [5.41, 5.74) is 1.73. The maximum absolute atomic E-state index is 9.22. The molecule has 4 heteroatoms. The summed E-state index contributed by atoms with van der Waals surface area (Å²) in [6.07, 6.45) is 4.92. The minimum absolute atomic E-state index is 0.161. The molecule has 0 amide bonds. The van der Waals surface area contributed by atoms with Crippen molar-refractivity contribution < 1.29 is 5.11 Å². The first kappa shape index (κ1) is 13.4. The summed E-state index contributed by atoms with van der Waals surface area (Å²) < 4.78 is 0.823. The molecule has 0 atom stereocenters. The minimum atomic E-state index is 0.161. The zero-order chi connectivity index (χ0) is 13.0. The highest BCUT2D eigenvalue weighted by Crippen LogP contribution is 2.30. The largest absolute Gasteiger partial charge is 0.395 e. The Morgan fingerprint density at radius 1 is 1.39 bits per heavy atom. The number of nitrogens with zero attached hydrogens (tertiary/aromatic N) is 2. The monoisotopic (exact) mass is 308 g/mol. The van der Waals surface area contributed by atoms with Gasteiger partial charge in [0.05, 0.1) is 12.2 Å². The molecule has 0 spiro atoms. The molecule has 1 aliphatic carbocycles. The molecule has 1 fully saturated rings. The van der Waals surface area contributed by atoms with E-state index in [1.807, 2.05) is 18.2 Å². The van der Waals surface area contributed by atoms with E-state index in [2.05, 4.69) is 26.9 Å². The molecule has 1 aromatic carbocycles. The van der Waals surface area contributed by atoms with Crippen LogP contribution in [0.3, 0.4) is 0 Å². The number of benzene rings is 1. The van der Waals surface area contributed by atoms with E-state index in [9.17, 15) is 5.11 Å². The molecular formula is C14H17BrN2O. The predicted octanol–water partition coefficient (Wildman–Crippen LogP) is 3.06. The van der Waals surface area contributed by atoms with Gasteiger partial charge in [-0.2, -0.15) is 5.26 Å². The molecular weight excluding hydrogens is 292 g/mol. The van der Waals surface area contributed by atoms with Crippen molar-refractivity contribution in [3.05, 3.63) is 28.2 Å². The number of aliphatic hydroxyl groups is 1. The van der Waals surface area contributed by atoms with Crippen molar-refractivity contribution in [2.24, 2.45) is 0 Å². The normalized spacial score (nSPS) is 15.6. The minimum Gasteiger partial charge on any atom is -0.395 e. The summed E-state index contributed by atoms with van der Waals surface area (Å²) in [4.78, 5) is 2.26. The van der Waals surface area contributed by atoms with Crippen molar-refractivity contribution in [1.82, 2.24) is 0 Å². The number of aliphatic hydroxyl groups excluding tert-OH is 1. The van der Waals surface area contributed by atoms with Crippen molar-refractivity contribution in [2.75, 3.05) is 18.1 Å². The molecule has 0 aliphatic heterocycles. The lowest BCUT2D eigenvalue weighted by Crippen LogP contribution is -2.35. The van der Waals surface area contributed by atoms with Gasteiger partial charge >= 0.3 is 0 Å². The van der Waals surface area contributed by atoms with E-state index < -0.39 is 0 Å². The van der Waals surface area contributed by atoms with Crippen molar-refractivity contribution >= 4 is 21.6 Å². The Labute approximate surface area is 116 Å². The molecule has 96 valence electrons. The highest BCUT2D eigenvalue weighted by molar-refractivity contribution is 9.10. The molecule has 0 unspecified atom stereocenters. The van der Waals surface area contributed by atoms with Gasteiger partial charge < -0.3 is 10.0 Å². The third kappa shape index (κ3) is 2.85. The summed E-state index contributed by atoms with van der Waals surface area (Å²) in [5, 5.41) is 18.2. The second-order valence-corrected chi connectivity index (χ2v) is 5.49. The van der Waals surface area contributed by atoms with Gasteiger partial charge in [-0.3, -0.25) is 0 Å². The van der Waals surface area contributed by atoms with E-state index >= 15 is 0 Å². The fourth-order valence-corrected chi connectivity index (χ4v) is 3.07. The Balaban J connectivity index is 2.25. The van der Waals surface area contributed by atoms with Crippen LogP contribution in [0.15, 0.2) is 22.7 Å². The zero-order valence-electron chi connectivity index (χ0n) is 10.3. The maximum atomic E-state index is 9.22. The lowest BCUT2D eigenvalue weighted by Gasteiger charge is -2.30. The molecule has 1 aliphatic rings. The van der Waals surface area contributed by atoms with Crippen molar-refractivity contribution in [2.45, 2.75) is 31.7 Å². The quantitative estimate of drug-likeness (QED) is 0.930. The van der Waals surface area contributed by atoms with E-state index in [-0.39, 0.29) is 6.61 Å². The molecule has 18 heavy (non-hydrogen) atoms. The second kappa shape index (κ2) is 6.21.